The number of hydrogen-bond acceptors (Lipinski definition) is 4. The number of aliphatic carboxylic acids is 1. The Labute approximate surface area is 89.9 Å². The van der Waals surface area contributed by atoms with E-state index in [1.165, 1.54) is 0 Å². The molecule has 0 spiro atoms. The van der Waals surface area contributed by atoms with Crippen molar-refractivity contribution < 1.29 is 9.90 Å². The van der Waals surface area contributed by atoms with Crippen LogP contribution in [0.15, 0.2) is 4.79 Å². The van der Waals surface area contributed by atoms with Gasteiger partial charge in [-0.2, -0.15) is 11.8 Å². The number of carboxylic acids is 1. The van der Waals surface area contributed by atoms with Crippen LogP contribution in [0.4, 0.5) is 0 Å². The molecule has 6 heteroatoms. The molecule has 0 bridgehead atoms. The number of carbonyl (C=O) groups is 1. The van der Waals surface area contributed by atoms with E-state index >= 15 is 0 Å². The van der Waals surface area contributed by atoms with Crippen LogP contribution in [0.2, 0.25) is 0 Å². The van der Waals surface area contributed by atoms with Crippen LogP contribution in [-0.2, 0) is 23.4 Å². The molecular formula is C9H10N2O3S. The maximum atomic E-state index is 11.6. The van der Waals surface area contributed by atoms with Gasteiger partial charge in [0, 0.05) is 11.3 Å². The minimum atomic E-state index is -0.985. The molecule has 15 heavy (non-hydrogen) atoms. The summed E-state index contributed by atoms with van der Waals surface area (Å²) < 4.78 is 0. The van der Waals surface area contributed by atoms with Gasteiger partial charge in [-0.25, -0.2) is 4.98 Å². The number of aromatic amines is 1. The van der Waals surface area contributed by atoms with E-state index in [0.29, 0.717) is 11.3 Å². The van der Waals surface area contributed by atoms with Gasteiger partial charge in [0.25, 0.3) is 5.56 Å². The zero-order chi connectivity index (χ0) is 10.8. The molecule has 2 N–H and O–H groups in total. The van der Waals surface area contributed by atoms with Gasteiger partial charge in [0.05, 0.1) is 5.69 Å². The van der Waals surface area contributed by atoms with E-state index < -0.39 is 5.97 Å². The van der Waals surface area contributed by atoms with Crippen molar-refractivity contribution in [2.45, 2.75) is 18.6 Å². The minimum absolute atomic E-state index is 0.184. The van der Waals surface area contributed by atoms with E-state index in [4.69, 9.17) is 5.11 Å². The minimum Gasteiger partial charge on any atom is -0.481 e. The van der Waals surface area contributed by atoms with Gasteiger partial charge in [0.2, 0.25) is 0 Å². The lowest BCUT2D eigenvalue weighted by Crippen LogP contribution is -2.24. The van der Waals surface area contributed by atoms with E-state index in [1.807, 2.05) is 0 Å². The third-order valence-electron chi connectivity index (χ3n) is 2.20. The van der Waals surface area contributed by atoms with Gasteiger partial charge >= 0.3 is 5.97 Å². The van der Waals surface area contributed by atoms with Crippen LogP contribution in [0.3, 0.4) is 0 Å². The molecule has 0 atom stereocenters. The molecule has 2 rings (SSSR count). The second kappa shape index (κ2) is 4.06. The molecule has 0 saturated carbocycles. The summed E-state index contributed by atoms with van der Waals surface area (Å²) in [5, 5.41) is 8.59. The molecule has 1 aromatic heterocycles. The second-order valence-electron chi connectivity index (χ2n) is 3.31. The maximum Gasteiger partial charge on any atom is 0.311 e. The average Bonchev–Trinajstić information content (AvgIpc) is 2.16. The monoisotopic (exact) mass is 226 g/mol. The average molecular weight is 226 g/mol. The first kappa shape index (κ1) is 10.2. The molecule has 2 heterocycles. The van der Waals surface area contributed by atoms with E-state index in [-0.39, 0.29) is 17.8 Å². The zero-order valence-electron chi connectivity index (χ0n) is 7.95. The van der Waals surface area contributed by atoms with Crippen LogP contribution in [0.5, 0.6) is 0 Å². The smallest absolute Gasteiger partial charge is 0.311 e. The lowest BCUT2D eigenvalue weighted by molar-refractivity contribution is -0.136. The Hall–Kier alpha value is -1.30. The predicted molar refractivity (Wildman–Crippen MR) is 56.1 cm³/mol. The first-order valence-electron chi connectivity index (χ1n) is 4.57. The van der Waals surface area contributed by atoms with E-state index in [9.17, 15) is 9.59 Å². The molecule has 0 radical (unpaired) electrons. The highest BCUT2D eigenvalue weighted by atomic mass is 32.2. The van der Waals surface area contributed by atoms with Crippen molar-refractivity contribution in [3.63, 3.8) is 0 Å². The number of fused-ring (bicyclic) bond motifs is 1. The molecule has 80 valence electrons. The maximum absolute atomic E-state index is 11.6. The quantitative estimate of drug-likeness (QED) is 0.752. The van der Waals surface area contributed by atoms with Crippen molar-refractivity contribution in [2.75, 3.05) is 5.75 Å². The number of thioether (sulfide) groups is 1. The summed E-state index contributed by atoms with van der Waals surface area (Å²) in [5.41, 5.74) is 1.27. The summed E-state index contributed by atoms with van der Waals surface area (Å²) in [5.74, 6) is 0.886. The summed E-state index contributed by atoms with van der Waals surface area (Å²) >= 11 is 1.71. The van der Waals surface area contributed by atoms with Crippen LogP contribution >= 0.6 is 11.8 Å². The molecule has 0 fully saturated rings. The summed E-state index contributed by atoms with van der Waals surface area (Å²) in [6, 6.07) is 0. The van der Waals surface area contributed by atoms with Crippen LogP contribution in [-0.4, -0.2) is 26.8 Å². The van der Waals surface area contributed by atoms with Gasteiger partial charge in [0.15, 0.2) is 0 Å². The summed E-state index contributed by atoms with van der Waals surface area (Å²) in [6.07, 6.45) is 0.489. The van der Waals surface area contributed by atoms with Crippen molar-refractivity contribution in [3.05, 3.63) is 27.4 Å². The summed E-state index contributed by atoms with van der Waals surface area (Å²) in [4.78, 5) is 28.7. The van der Waals surface area contributed by atoms with Crippen LogP contribution in [0.25, 0.3) is 0 Å². The van der Waals surface area contributed by atoms with Gasteiger partial charge in [-0.15, -0.1) is 0 Å². The highest BCUT2D eigenvalue weighted by Gasteiger charge is 2.16. The molecule has 0 saturated heterocycles. The van der Waals surface area contributed by atoms with Crippen LogP contribution in [0.1, 0.15) is 17.1 Å². The van der Waals surface area contributed by atoms with Gasteiger partial charge in [-0.3, -0.25) is 9.59 Å². The normalized spacial score (nSPS) is 14.7. The van der Waals surface area contributed by atoms with E-state index in [0.717, 1.165) is 17.9 Å². The fraction of sp³-hybridized carbons (Fsp3) is 0.444. The summed E-state index contributed by atoms with van der Waals surface area (Å²) in [7, 11) is 0. The number of nitrogens with zero attached hydrogens (tertiary/aromatic N) is 1. The first-order chi connectivity index (χ1) is 7.16. The molecule has 1 aliphatic heterocycles. The Bertz CT molecular complexity index is 455. The van der Waals surface area contributed by atoms with Gasteiger partial charge in [0.1, 0.15) is 12.2 Å². The van der Waals surface area contributed by atoms with Gasteiger partial charge in [-0.1, -0.05) is 0 Å². The molecule has 0 unspecified atom stereocenters. The molecule has 0 amide bonds. The molecule has 1 aliphatic rings. The van der Waals surface area contributed by atoms with Crippen LogP contribution < -0.4 is 5.56 Å². The Morgan fingerprint density at radius 2 is 2.40 bits per heavy atom. The Morgan fingerprint density at radius 3 is 3.13 bits per heavy atom. The Morgan fingerprint density at radius 1 is 1.60 bits per heavy atom. The molecule has 5 nitrogen and oxygen atoms in total. The fourth-order valence-corrected chi connectivity index (χ4v) is 2.47. The first-order valence-corrected chi connectivity index (χ1v) is 5.73. The lowest BCUT2D eigenvalue weighted by atomic mass is 10.2. The zero-order valence-corrected chi connectivity index (χ0v) is 8.76. The molecule has 0 aliphatic carbocycles. The SMILES string of the molecule is O=C(O)Cc1nc2c(c(=O)[nH]1)CCSC2. The predicted octanol–water partition coefficient (Wildman–Crippen LogP) is 0.186. The Balaban J connectivity index is 2.40. The third kappa shape index (κ3) is 2.20. The van der Waals surface area contributed by atoms with Gasteiger partial charge < -0.3 is 10.1 Å². The molecule has 1 aromatic rings. The molecule has 0 aromatic carbocycles. The number of rotatable bonds is 2. The number of H-pyrrole nitrogens is 1. The Kier molecular flexibility index (Phi) is 2.77. The van der Waals surface area contributed by atoms with Crippen LogP contribution in [0, 0.1) is 0 Å². The van der Waals surface area contributed by atoms with E-state index in [2.05, 4.69) is 9.97 Å². The highest BCUT2D eigenvalue weighted by Crippen LogP contribution is 2.19. The molecular weight excluding hydrogens is 216 g/mol. The topological polar surface area (TPSA) is 83.0 Å². The number of carboxylic acid groups (broad SMARTS) is 1. The van der Waals surface area contributed by atoms with Crippen molar-refractivity contribution in [2.24, 2.45) is 0 Å². The van der Waals surface area contributed by atoms with Crippen molar-refractivity contribution in [1.82, 2.24) is 9.97 Å². The van der Waals surface area contributed by atoms with Crippen molar-refractivity contribution in [1.29, 1.82) is 0 Å². The van der Waals surface area contributed by atoms with Gasteiger partial charge in [-0.05, 0) is 12.2 Å². The van der Waals surface area contributed by atoms with Crippen molar-refractivity contribution >= 4 is 17.7 Å². The third-order valence-corrected chi connectivity index (χ3v) is 3.17. The largest absolute Gasteiger partial charge is 0.481 e. The fourth-order valence-electron chi connectivity index (χ4n) is 1.54. The van der Waals surface area contributed by atoms with E-state index in [1.54, 1.807) is 11.8 Å². The number of nitrogens with one attached hydrogen (secondary N) is 1. The van der Waals surface area contributed by atoms with Crippen molar-refractivity contribution in [3.8, 4) is 0 Å². The number of aromatic nitrogens is 2. The lowest BCUT2D eigenvalue weighted by Gasteiger charge is -2.13. The standard InChI is InChI=1S/C9H10N2O3S/c12-8(13)3-7-10-6-4-15-2-1-5(6)9(14)11-7/h1-4H2,(H,12,13)(H,10,11,14). The highest BCUT2D eigenvalue weighted by molar-refractivity contribution is 7.98. The second-order valence-corrected chi connectivity index (χ2v) is 4.42. The summed E-state index contributed by atoms with van der Waals surface area (Å²) in [6.45, 7) is 0. The number of hydrogen-bond donors (Lipinski definition) is 2.